The predicted octanol–water partition coefficient (Wildman–Crippen LogP) is 2.34. The fourth-order valence-electron chi connectivity index (χ4n) is 2.29. The van der Waals surface area contributed by atoms with Crippen molar-refractivity contribution in [3.63, 3.8) is 0 Å². The van der Waals surface area contributed by atoms with Crippen molar-refractivity contribution in [1.82, 2.24) is 14.7 Å². The molecule has 0 aliphatic carbocycles. The predicted molar refractivity (Wildman–Crippen MR) is 120 cm³/mol. The van der Waals surface area contributed by atoms with Gasteiger partial charge in [0.25, 0.3) is 0 Å². The Kier molecular flexibility index (Phi) is 10.3. The van der Waals surface area contributed by atoms with Crippen molar-refractivity contribution in [1.29, 1.82) is 0 Å². The van der Waals surface area contributed by atoms with E-state index < -0.39 is 11.2 Å². The molecule has 0 radical (unpaired) electrons. The molecule has 0 saturated carbocycles. The minimum atomic E-state index is -0.526. The minimum Gasteiger partial charge on any atom is -0.444 e. The van der Waals surface area contributed by atoms with Crippen molar-refractivity contribution in [2.24, 2.45) is 10.7 Å². The van der Waals surface area contributed by atoms with Gasteiger partial charge in [-0.25, -0.2) is 9.59 Å². The van der Waals surface area contributed by atoms with E-state index >= 15 is 0 Å². The lowest BCUT2D eigenvalue weighted by molar-refractivity contribution is 0.0186. The largest absolute Gasteiger partial charge is 0.444 e. The third-order valence-corrected chi connectivity index (χ3v) is 3.67. The number of hydrogen-bond acceptors (Lipinski definition) is 5. The smallest absolute Gasteiger partial charge is 0.410 e. The Morgan fingerprint density at radius 3 is 1.89 bits per heavy atom. The third-order valence-electron chi connectivity index (χ3n) is 3.67. The highest BCUT2D eigenvalue weighted by atomic mass is 127. The van der Waals surface area contributed by atoms with E-state index in [0.29, 0.717) is 45.2 Å². The average molecular weight is 513 g/mol. The first-order valence-electron chi connectivity index (χ1n) is 9.25. The van der Waals surface area contributed by atoms with Crippen LogP contribution in [0.1, 0.15) is 41.5 Å². The number of amides is 2. The summed E-state index contributed by atoms with van der Waals surface area (Å²) in [4.78, 5) is 33.4. The fourth-order valence-corrected chi connectivity index (χ4v) is 2.29. The lowest BCUT2D eigenvalue weighted by atomic mass is 10.2. The minimum absolute atomic E-state index is 0. The van der Waals surface area contributed by atoms with E-state index in [1.807, 2.05) is 46.4 Å². The molecule has 1 saturated heterocycles. The zero-order chi connectivity index (χ0) is 20.8. The summed E-state index contributed by atoms with van der Waals surface area (Å²) in [6, 6.07) is 0. The molecule has 164 valence electrons. The number of piperazine rings is 1. The van der Waals surface area contributed by atoms with Gasteiger partial charge < -0.3 is 29.9 Å². The van der Waals surface area contributed by atoms with Crippen LogP contribution in [0.3, 0.4) is 0 Å². The summed E-state index contributed by atoms with van der Waals surface area (Å²) in [5, 5.41) is 0. The number of nitrogens with two attached hydrogens (primary N) is 1. The Labute approximate surface area is 185 Å². The Bertz CT molecular complexity index is 549. The van der Waals surface area contributed by atoms with Crippen molar-refractivity contribution in [3.8, 4) is 0 Å². The monoisotopic (exact) mass is 513 g/mol. The summed E-state index contributed by atoms with van der Waals surface area (Å²) in [7, 11) is 1.67. The molecule has 1 heterocycles. The molecule has 0 aromatic rings. The van der Waals surface area contributed by atoms with Crippen LogP contribution in [0, 0.1) is 0 Å². The van der Waals surface area contributed by atoms with Gasteiger partial charge in [-0.05, 0) is 41.5 Å². The van der Waals surface area contributed by atoms with E-state index in [4.69, 9.17) is 15.2 Å². The van der Waals surface area contributed by atoms with Gasteiger partial charge in [-0.2, -0.15) is 0 Å². The van der Waals surface area contributed by atoms with Crippen LogP contribution >= 0.6 is 24.0 Å². The topological polar surface area (TPSA) is 101 Å². The van der Waals surface area contributed by atoms with Crippen molar-refractivity contribution >= 4 is 42.1 Å². The molecule has 0 atom stereocenters. The third kappa shape index (κ3) is 10.2. The Morgan fingerprint density at radius 2 is 1.43 bits per heavy atom. The second-order valence-corrected chi connectivity index (χ2v) is 8.60. The number of carbonyl (C=O) groups is 2. The van der Waals surface area contributed by atoms with E-state index in [0.717, 1.165) is 0 Å². The number of halogens is 1. The summed E-state index contributed by atoms with van der Waals surface area (Å²) in [5.74, 6) is 0.413. The molecule has 9 nitrogen and oxygen atoms in total. The number of hydrogen-bond donors (Lipinski definition) is 1. The SMILES string of the molecule is CN(CCN=C(N)N1CCN(C(=O)OC(C)(C)C)CC1)C(=O)OC(C)(C)C.I. The van der Waals surface area contributed by atoms with Crippen LogP contribution in [0.4, 0.5) is 9.59 Å². The number of rotatable bonds is 3. The molecule has 0 bridgehead atoms. The van der Waals surface area contributed by atoms with Crippen molar-refractivity contribution in [2.75, 3.05) is 46.3 Å². The van der Waals surface area contributed by atoms with E-state index in [-0.39, 0.29) is 36.2 Å². The van der Waals surface area contributed by atoms with Crippen molar-refractivity contribution < 1.29 is 19.1 Å². The first-order valence-corrected chi connectivity index (χ1v) is 9.25. The number of nitrogens with zero attached hydrogens (tertiary/aromatic N) is 4. The molecular formula is C18H36IN5O4. The summed E-state index contributed by atoms with van der Waals surface area (Å²) in [5.41, 5.74) is 5.01. The van der Waals surface area contributed by atoms with Crippen LogP contribution < -0.4 is 5.73 Å². The number of aliphatic imine (C=N–C) groups is 1. The van der Waals surface area contributed by atoms with Gasteiger partial charge in [-0.3, -0.25) is 4.99 Å². The second kappa shape index (κ2) is 10.9. The Hall–Kier alpha value is -1.46. The molecule has 1 aliphatic heterocycles. The van der Waals surface area contributed by atoms with E-state index in [9.17, 15) is 9.59 Å². The molecule has 1 fully saturated rings. The first kappa shape index (κ1) is 26.5. The molecule has 0 aromatic heterocycles. The standard InChI is InChI=1S/C18H35N5O4.HI/c1-17(2,3)26-15(24)21(7)9-8-20-14(19)22-10-12-23(13-11-22)16(25)27-18(4,5)6;/h8-13H2,1-7H3,(H2,19,20);1H. The van der Waals surface area contributed by atoms with Crippen LogP contribution in [0.25, 0.3) is 0 Å². The first-order chi connectivity index (χ1) is 12.3. The van der Waals surface area contributed by atoms with Gasteiger partial charge in [-0.15, -0.1) is 24.0 Å². The van der Waals surface area contributed by atoms with Crippen LogP contribution in [-0.4, -0.2) is 90.4 Å². The van der Waals surface area contributed by atoms with Gasteiger partial charge >= 0.3 is 12.2 Å². The molecule has 1 aliphatic rings. The molecular weight excluding hydrogens is 477 g/mol. The molecule has 0 spiro atoms. The number of likely N-dealkylation sites (N-methyl/N-ethyl adjacent to an activating group) is 1. The Balaban J connectivity index is 0.00000729. The molecule has 0 aromatic carbocycles. The fraction of sp³-hybridized carbons (Fsp3) is 0.833. The summed E-state index contributed by atoms with van der Waals surface area (Å²) in [6.07, 6.45) is -0.695. The molecule has 2 N–H and O–H groups in total. The lowest BCUT2D eigenvalue weighted by Gasteiger charge is -2.36. The van der Waals surface area contributed by atoms with Crippen molar-refractivity contribution in [2.45, 2.75) is 52.7 Å². The molecule has 10 heteroatoms. The highest BCUT2D eigenvalue weighted by Crippen LogP contribution is 2.12. The maximum absolute atomic E-state index is 12.1. The van der Waals surface area contributed by atoms with E-state index in [2.05, 4.69) is 4.99 Å². The highest BCUT2D eigenvalue weighted by Gasteiger charge is 2.26. The van der Waals surface area contributed by atoms with Crippen molar-refractivity contribution in [3.05, 3.63) is 0 Å². The lowest BCUT2D eigenvalue weighted by Crippen LogP contribution is -2.53. The quantitative estimate of drug-likeness (QED) is 0.353. The molecule has 2 amide bonds. The molecule has 0 unspecified atom stereocenters. The number of guanidine groups is 1. The van der Waals surface area contributed by atoms with Crippen LogP contribution in [0.5, 0.6) is 0 Å². The second-order valence-electron chi connectivity index (χ2n) is 8.60. The van der Waals surface area contributed by atoms with E-state index in [1.54, 1.807) is 11.9 Å². The Morgan fingerprint density at radius 1 is 0.964 bits per heavy atom. The summed E-state index contributed by atoms with van der Waals surface area (Å²) in [6.45, 7) is 14.1. The van der Waals surface area contributed by atoms with Gasteiger partial charge in [-0.1, -0.05) is 0 Å². The maximum Gasteiger partial charge on any atom is 0.410 e. The summed E-state index contributed by atoms with van der Waals surface area (Å²) < 4.78 is 10.7. The van der Waals surface area contributed by atoms with Gasteiger partial charge in [0.15, 0.2) is 5.96 Å². The van der Waals surface area contributed by atoms with Gasteiger partial charge in [0.1, 0.15) is 11.2 Å². The number of ether oxygens (including phenoxy) is 2. The van der Waals surface area contributed by atoms with Crippen LogP contribution in [0.15, 0.2) is 4.99 Å². The molecule has 28 heavy (non-hydrogen) atoms. The highest BCUT2D eigenvalue weighted by molar-refractivity contribution is 14.0. The maximum atomic E-state index is 12.1. The normalized spacial score (nSPS) is 15.6. The zero-order valence-corrected chi connectivity index (χ0v) is 20.5. The zero-order valence-electron chi connectivity index (χ0n) is 18.2. The molecule has 1 rings (SSSR count). The number of carbonyl (C=O) groups excluding carboxylic acids is 2. The summed E-state index contributed by atoms with van der Waals surface area (Å²) >= 11 is 0. The van der Waals surface area contributed by atoms with Gasteiger partial charge in [0, 0.05) is 39.8 Å². The van der Waals surface area contributed by atoms with Gasteiger partial charge in [0.2, 0.25) is 0 Å². The van der Waals surface area contributed by atoms with Crippen LogP contribution in [-0.2, 0) is 9.47 Å². The van der Waals surface area contributed by atoms with Crippen LogP contribution in [0.2, 0.25) is 0 Å². The average Bonchev–Trinajstić information content (AvgIpc) is 2.51. The van der Waals surface area contributed by atoms with Gasteiger partial charge in [0.05, 0.1) is 6.54 Å². The van der Waals surface area contributed by atoms with E-state index in [1.165, 1.54) is 4.90 Å².